The molecule has 3 N–H and O–H groups in total. The Balaban J connectivity index is 2.19. The maximum Gasteiger partial charge on any atom is 0.0804 e. The van der Waals surface area contributed by atoms with Gasteiger partial charge in [-0.3, -0.25) is 0 Å². The van der Waals surface area contributed by atoms with Gasteiger partial charge in [-0.2, -0.15) is 0 Å². The summed E-state index contributed by atoms with van der Waals surface area (Å²) in [6.07, 6.45) is 1.53. The fourth-order valence-corrected chi connectivity index (χ4v) is 2.81. The van der Waals surface area contributed by atoms with E-state index in [4.69, 9.17) is 10.5 Å². The Bertz CT molecular complexity index is 572. The van der Waals surface area contributed by atoms with Gasteiger partial charge in [-0.05, 0) is 11.6 Å². The molecule has 0 saturated carbocycles. The van der Waals surface area contributed by atoms with Crippen molar-refractivity contribution in [1.29, 1.82) is 0 Å². The van der Waals surface area contributed by atoms with Gasteiger partial charge in [-0.25, -0.2) is 0 Å². The second-order valence-corrected chi connectivity index (χ2v) is 5.07. The molecule has 96 valence electrons. The normalized spacial score (nSPS) is 19.7. The number of hydrogen-bond donors (Lipinski definition) is 2. The highest BCUT2D eigenvalue weighted by Gasteiger charge is 2.47. The SMILES string of the molecule is Cn1cc(C2(C(O)CN)COC2)c2ccccc21. The summed E-state index contributed by atoms with van der Waals surface area (Å²) in [6, 6.07) is 8.22. The maximum atomic E-state index is 10.2. The molecule has 1 aromatic heterocycles. The molecular weight excluding hydrogens is 228 g/mol. The van der Waals surface area contributed by atoms with E-state index in [0.29, 0.717) is 13.2 Å². The number of aliphatic hydroxyl groups is 1. The number of ether oxygens (including phenoxy) is 1. The lowest BCUT2D eigenvalue weighted by Crippen LogP contribution is -2.57. The Kier molecular flexibility index (Phi) is 2.66. The first-order valence-corrected chi connectivity index (χ1v) is 6.19. The Labute approximate surface area is 106 Å². The maximum absolute atomic E-state index is 10.2. The van der Waals surface area contributed by atoms with E-state index >= 15 is 0 Å². The molecule has 4 nitrogen and oxygen atoms in total. The lowest BCUT2D eigenvalue weighted by molar-refractivity contribution is -0.116. The molecule has 1 aromatic carbocycles. The van der Waals surface area contributed by atoms with E-state index in [1.165, 1.54) is 10.9 Å². The van der Waals surface area contributed by atoms with Crippen molar-refractivity contribution in [3.05, 3.63) is 36.0 Å². The number of fused-ring (bicyclic) bond motifs is 1. The predicted molar refractivity (Wildman–Crippen MR) is 70.5 cm³/mol. The lowest BCUT2D eigenvalue weighted by atomic mass is 9.73. The van der Waals surface area contributed by atoms with Crippen molar-refractivity contribution in [1.82, 2.24) is 4.57 Å². The van der Waals surface area contributed by atoms with Crippen molar-refractivity contribution in [2.45, 2.75) is 11.5 Å². The van der Waals surface area contributed by atoms with Gasteiger partial charge < -0.3 is 20.1 Å². The van der Waals surface area contributed by atoms with E-state index < -0.39 is 6.10 Å². The first-order chi connectivity index (χ1) is 8.69. The standard InChI is InChI=1S/C14H18N2O2/c1-16-7-11(10-4-2-3-5-12(10)16)14(8-18-9-14)13(17)6-15/h2-5,7,13,17H,6,8-9,15H2,1H3. The molecular formula is C14H18N2O2. The molecule has 1 atom stereocenters. The van der Waals surface area contributed by atoms with E-state index in [2.05, 4.69) is 22.9 Å². The van der Waals surface area contributed by atoms with Gasteiger partial charge in [0.25, 0.3) is 0 Å². The number of para-hydroxylation sites is 1. The van der Waals surface area contributed by atoms with Gasteiger partial charge in [0.15, 0.2) is 0 Å². The smallest absolute Gasteiger partial charge is 0.0804 e. The predicted octanol–water partition coefficient (Wildman–Crippen LogP) is 0.766. The number of aliphatic hydroxyl groups excluding tert-OH is 1. The van der Waals surface area contributed by atoms with E-state index in [1.54, 1.807) is 0 Å². The van der Waals surface area contributed by atoms with Crippen molar-refractivity contribution >= 4 is 10.9 Å². The Morgan fingerprint density at radius 1 is 1.44 bits per heavy atom. The molecule has 1 fully saturated rings. The number of nitrogens with zero attached hydrogens (tertiary/aromatic N) is 1. The second-order valence-electron chi connectivity index (χ2n) is 5.07. The van der Waals surface area contributed by atoms with Crippen molar-refractivity contribution < 1.29 is 9.84 Å². The molecule has 0 spiro atoms. The molecule has 0 bridgehead atoms. The fourth-order valence-electron chi connectivity index (χ4n) is 2.81. The summed E-state index contributed by atoms with van der Waals surface area (Å²) in [5.41, 5.74) is 7.62. The van der Waals surface area contributed by atoms with Crippen LogP contribution in [0.1, 0.15) is 5.56 Å². The van der Waals surface area contributed by atoms with E-state index in [0.717, 1.165) is 5.56 Å². The van der Waals surface area contributed by atoms with E-state index in [-0.39, 0.29) is 12.0 Å². The van der Waals surface area contributed by atoms with Crippen LogP contribution in [0.25, 0.3) is 10.9 Å². The Hall–Kier alpha value is -1.36. The molecule has 1 unspecified atom stereocenters. The van der Waals surface area contributed by atoms with Crippen molar-refractivity contribution in [3.63, 3.8) is 0 Å². The van der Waals surface area contributed by atoms with Crippen LogP contribution < -0.4 is 5.73 Å². The third-order valence-electron chi connectivity index (χ3n) is 4.01. The molecule has 4 heteroatoms. The highest BCUT2D eigenvalue weighted by molar-refractivity contribution is 5.85. The number of aromatic nitrogens is 1. The first kappa shape index (κ1) is 11.7. The largest absolute Gasteiger partial charge is 0.391 e. The number of rotatable bonds is 3. The molecule has 0 aliphatic carbocycles. The third-order valence-corrected chi connectivity index (χ3v) is 4.01. The minimum absolute atomic E-state index is 0.257. The van der Waals surface area contributed by atoms with Crippen LogP contribution in [-0.4, -0.2) is 35.5 Å². The first-order valence-electron chi connectivity index (χ1n) is 6.19. The van der Waals surface area contributed by atoms with Gasteiger partial charge in [-0.1, -0.05) is 18.2 Å². The molecule has 1 aliphatic heterocycles. The quantitative estimate of drug-likeness (QED) is 0.841. The van der Waals surface area contributed by atoms with Crippen LogP contribution in [0.3, 0.4) is 0 Å². The van der Waals surface area contributed by atoms with Crippen molar-refractivity contribution in [2.75, 3.05) is 19.8 Å². The number of nitrogens with two attached hydrogens (primary N) is 1. The van der Waals surface area contributed by atoms with Crippen molar-refractivity contribution in [3.8, 4) is 0 Å². The van der Waals surface area contributed by atoms with Gasteiger partial charge in [0, 0.05) is 30.7 Å². The minimum atomic E-state index is -0.558. The third kappa shape index (κ3) is 1.43. The van der Waals surface area contributed by atoms with Crippen LogP contribution in [0.15, 0.2) is 30.5 Å². The molecule has 18 heavy (non-hydrogen) atoms. The zero-order chi connectivity index (χ0) is 12.8. The van der Waals surface area contributed by atoms with Gasteiger partial charge in [0.1, 0.15) is 0 Å². The summed E-state index contributed by atoms with van der Waals surface area (Å²) in [4.78, 5) is 0. The topological polar surface area (TPSA) is 60.4 Å². The number of benzene rings is 1. The van der Waals surface area contributed by atoms with Gasteiger partial charge in [0.2, 0.25) is 0 Å². The number of hydrogen-bond acceptors (Lipinski definition) is 3. The van der Waals surface area contributed by atoms with Crippen LogP contribution in [0.2, 0.25) is 0 Å². The lowest BCUT2D eigenvalue weighted by Gasteiger charge is -2.44. The minimum Gasteiger partial charge on any atom is -0.391 e. The van der Waals surface area contributed by atoms with Gasteiger partial charge >= 0.3 is 0 Å². The molecule has 1 aliphatic rings. The highest BCUT2D eigenvalue weighted by Crippen LogP contribution is 2.40. The van der Waals surface area contributed by atoms with E-state index in [1.807, 2.05) is 19.2 Å². The second kappa shape index (κ2) is 4.09. The summed E-state index contributed by atoms with van der Waals surface area (Å²) < 4.78 is 7.44. The summed E-state index contributed by atoms with van der Waals surface area (Å²) in [5.74, 6) is 0. The van der Waals surface area contributed by atoms with Crippen LogP contribution >= 0.6 is 0 Å². The molecule has 0 radical (unpaired) electrons. The van der Waals surface area contributed by atoms with Crippen LogP contribution in [0.4, 0.5) is 0 Å². The number of aryl methyl sites for hydroxylation is 1. The summed E-state index contributed by atoms with van der Waals surface area (Å²) in [6.45, 7) is 1.34. The molecule has 1 saturated heterocycles. The summed E-state index contributed by atoms with van der Waals surface area (Å²) in [5, 5.41) is 11.4. The molecule has 2 aromatic rings. The van der Waals surface area contributed by atoms with Gasteiger partial charge in [0.05, 0.1) is 24.7 Å². The molecule has 0 amide bonds. The van der Waals surface area contributed by atoms with Crippen LogP contribution in [0, 0.1) is 0 Å². The van der Waals surface area contributed by atoms with Gasteiger partial charge in [-0.15, -0.1) is 0 Å². The average Bonchev–Trinajstić information content (AvgIpc) is 2.67. The monoisotopic (exact) mass is 246 g/mol. The zero-order valence-corrected chi connectivity index (χ0v) is 10.5. The Morgan fingerprint density at radius 3 is 2.78 bits per heavy atom. The average molecular weight is 246 g/mol. The van der Waals surface area contributed by atoms with Crippen molar-refractivity contribution in [2.24, 2.45) is 12.8 Å². The highest BCUT2D eigenvalue weighted by atomic mass is 16.5. The molecule has 2 heterocycles. The molecule has 3 rings (SSSR count). The fraction of sp³-hybridized carbons (Fsp3) is 0.429. The Morgan fingerprint density at radius 2 is 2.17 bits per heavy atom. The van der Waals surface area contributed by atoms with Crippen LogP contribution in [0.5, 0.6) is 0 Å². The summed E-state index contributed by atoms with van der Waals surface area (Å²) in [7, 11) is 2.02. The summed E-state index contributed by atoms with van der Waals surface area (Å²) >= 11 is 0. The zero-order valence-electron chi connectivity index (χ0n) is 10.5. The van der Waals surface area contributed by atoms with E-state index in [9.17, 15) is 5.11 Å². The van der Waals surface area contributed by atoms with Crippen LogP contribution in [-0.2, 0) is 17.2 Å².